The Hall–Kier alpha value is -4.83. The van der Waals surface area contributed by atoms with Crippen molar-refractivity contribution in [1.82, 2.24) is 20.2 Å². The van der Waals surface area contributed by atoms with Gasteiger partial charge in [0, 0.05) is 24.5 Å². The summed E-state index contributed by atoms with van der Waals surface area (Å²) in [6.07, 6.45) is -14.5. The molecule has 0 radical (unpaired) electrons. The number of alkyl halides is 9. The molecule has 0 spiro atoms. The molecule has 1 aromatic heterocycles. The highest BCUT2D eigenvalue weighted by Crippen LogP contribution is 2.46. The Balaban J connectivity index is 1.69. The van der Waals surface area contributed by atoms with Gasteiger partial charge in [-0.25, -0.2) is 4.79 Å². The third-order valence-corrected chi connectivity index (χ3v) is 7.92. The number of aryl methyl sites for hydroxylation is 2. The van der Waals surface area contributed by atoms with Crippen LogP contribution in [0.5, 0.6) is 0 Å². The molecule has 0 saturated heterocycles. The van der Waals surface area contributed by atoms with Crippen LogP contribution in [0.15, 0.2) is 54.6 Å². The molecule has 1 atom stereocenters. The number of aromatic nitrogens is 4. The SMILES string of the molecule is COC(=O)c1ccc(N2CCCC(N(Cc3cc(C(F)(F)F)cc(C(F)(F)F)c3)c3nnn(C)n3)c3cc(C)c(C(F)(F)F)cc32)cc1. The Morgan fingerprint density at radius 2 is 1.54 bits per heavy atom. The van der Waals surface area contributed by atoms with Crippen molar-refractivity contribution in [2.45, 2.75) is 50.9 Å². The summed E-state index contributed by atoms with van der Waals surface area (Å²) in [6, 6.07) is 8.50. The minimum atomic E-state index is -5.10. The van der Waals surface area contributed by atoms with Crippen molar-refractivity contribution in [3.8, 4) is 0 Å². The molecule has 0 fully saturated rings. The van der Waals surface area contributed by atoms with Crippen molar-refractivity contribution >= 4 is 23.3 Å². The maximum absolute atomic E-state index is 14.2. The van der Waals surface area contributed by atoms with Crippen LogP contribution in [0.2, 0.25) is 0 Å². The van der Waals surface area contributed by atoms with Crippen LogP contribution in [0.4, 0.5) is 56.8 Å². The summed E-state index contributed by atoms with van der Waals surface area (Å²) in [5, 5.41) is 11.9. The highest BCUT2D eigenvalue weighted by molar-refractivity contribution is 5.90. The zero-order chi connectivity index (χ0) is 35.2. The summed E-state index contributed by atoms with van der Waals surface area (Å²) >= 11 is 0. The van der Waals surface area contributed by atoms with Crippen LogP contribution in [0.3, 0.4) is 0 Å². The number of nitrogens with zero attached hydrogens (tertiary/aromatic N) is 6. The molecule has 2 heterocycles. The molecule has 1 unspecified atom stereocenters. The van der Waals surface area contributed by atoms with Crippen molar-refractivity contribution in [3.05, 3.63) is 93.5 Å². The molecule has 0 N–H and O–H groups in total. The second-order valence-corrected chi connectivity index (χ2v) is 11.2. The second-order valence-electron chi connectivity index (χ2n) is 11.2. The van der Waals surface area contributed by atoms with Gasteiger partial charge < -0.3 is 14.5 Å². The monoisotopic (exact) mass is 686 g/mol. The predicted molar refractivity (Wildman–Crippen MR) is 154 cm³/mol. The first-order valence-corrected chi connectivity index (χ1v) is 14.3. The molecule has 5 rings (SSSR count). The fraction of sp³-hybridized carbons (Fsp3) is 0.355. The number of hydrogen-bond donors (Lipinski definition) is 0. The molecule has 48 heavy (non-hydrogen) atoms. The lowest BCUT2D eigenvalue weighted by Crippen LogP contribution is -2.30. The van der Waals surface area contributed by atoms with Crippen LogP contribution in [0.25, 0.3) is 0 Å². The molecule has 8 nitrogen and oxygen atoms in total. The quantitative estimate of drug-likeness (QED) is 0.150. The molecule has 0 bridgehead atoms. The van der Waals surface area contributed by atoms with Crippen molar-refractivity contribution in [3.63, 3.8) is 0 Å². The minimum absolute atomic E-state index is 0.0146. The number of anilines is 3. The molecule has 0 amide bonds. The topological polar surface area (TPSA) is 76.4 Å². The fourth-order valence-corrected chi connectivity index (χ4v) is 5.75. The predicted octanol–water partition coefficient (Wildman–Crippen LogP) is 8.04. The first-order chi connectivity index (χ1) is 22.4. The van der Waals surface area contributed by atoms with Gasteiger partial charge >= 0.3 is 24.5 Å². The van der Waals surface area contributed by atoms with E-state index in [4.69, 9.17) is 4.74 Å². The first kappa shape index (κ1) is 34.5. The number of tetrazole rings is 1. The number of carbonyl (C=O) groups excluding carboxylic acids is 1. The molecule has 0 saturated carbocycles. The molecule has 3 aromatic carbocycles. The van der Waals surface area contributed by atoms with Gasteiger partial charge in [0.2, 0.25) is 0 Å². The number of halogens is 9. The van der Waals surface area contributed by atoms with Gasteiger partial charge in [-0.3, -0.25) is 0 Å². The highest BCUT2D eigenvalue weighted by atomic mass is 19.4. The third kappa shape index (κ3) is 7.18. The van der Waals surface area contributed by atoms with Crippen LogP contribution in [0, 0.1) is 6.92 Å². The Kier molecular flexibility index (Phi) is 9.09. The van der Waals surface area contributed by atoms with Gasteiger partial charge in [-0.15, -0.1) is 5.10 Å². The summed E-state index contributed by atoms with van der Waals surface area (Å²) in [5.74, 6) is -0.781. The zero-order valence-corrected chi connectivity index (χ0v) is 25.5. The maximum atomic E-state index is 14.2. The van der Waals surface area contributed by atoms with Crippen molar-refractivity contribution in [1.29, 1.82) is 0 Å². The number of carbonyl (C=O) groups is 1. The summed E-state index contributed by atoms with van der Waals surface area (Å²) in [6.45, 7) is 0.857. The van der Waals surface area contributed by atoms with E-state index in [1.807, 2.05) is 0 Å². The van der Waals surface area contributed by atoms with E-state index in [9.17, 15) is 44.3 Å². The maximum Gasteiger partial charge on any atom is 0.416 e. The van der Waals surface area contributed by atoms with E-state index >= 15 is 0 Å². The normalized spacial score (nSPS) is 15.6. The van der Waals surface area contributed by atoms with Crippen LogP contribution < -0.4 is 9.80 Å². The Labute approximate surface area is 267 Å². The van der Waals surface area contributed by atoms with Crippen LogP contribution in [-0.2, 0) is 36.9 Å². The van der Waals surface area contributed by atoms with Crippen LogP contribution in [0.1, 0.15) is 62.6 Å². The second kappa shape index (κ2) is 12.6. The molecule has 4 aromatic rings. The number of rotatable bonds is 6. The average Bonchev–Trinajstić information content (AvgIpc) is 3.35. The van der Waals surface area contributed by atoms with E-state index in [1.165, 1.54) is 56.3 Å². The van der Waals surface area contributed by atoms with E-state index in [2.05, 4.69) is 15.4 Å². The number of esters is 1. The van der Waals surface area contributed by atoms with Crippen molar-refractivity contribution < 1.29 is 49.0 Å². The number of methoxy groups -OCH3 is 1. The van der Waals surface area contributed by atoms with Gasteiger partial charge in [-0.2, -0.15) is 44.3 Å². The number of hydrogen-bond acceptors (Lipinski definition) is 7. The smallest absolute Gasteiger partial charge is 0.416 e. The number of fused-ring (bicyclic) bond motifs is 1. The van der Waals surface area contributed by atoms with Gasteiger partial charge in [0.15, 0.2) is 0 Å². The van der Waals surface area contributed by atoms with E-state index in [1.54, 1.807) is 4.90 Å². The largest absolute Gasteiger partial charge is 0.465 e. The van der Waals surface area contributed by atoms with Crippen LogP contribution >= 0.6 is 0 Å². The van der Waals surface area contributed by atoms with E-state index in [0.717, 1.165) is 10.9 Å². The summed E-state index contributed by atoms with van der Waals surface area (Å²) in [5.41, 5.74) is -3.49. The van der Waals surface area contributed by atoms with Gasteiger partial charge in [0.05, 0.1) is 42.5 Å². The molecular formula is C31H27F9N6O2. The molecule has 0 aliphatic carbocycles. The lowest BCUT2D eigenvalue weighted by atomic mass is 9.94. The van der Waals surface area contributed by atoms with Gasteiger partial charge in [0.25, 0.3) is 5.95 Å². The number of benzene rings is 3. The Morgan fingerprint density at radius 1 is 0.917 bits per heavy atom. The molecule has 17 heteroatoms. The minimum Gasteiger partial charge on any atom is -0.465 e. The van der Waals surface area contributed by atoms with Crippen LogP contribution in [-0.4, -0.2) is 39.8 Å². The summed E-state index contributed by atoms with van der Waals surface area (Å²) < 4.78 is 130. The Bertz CT molecular complexity index is 1770. The summed E-state index contributed by atoms with van der Waals surface area (Å²) in [7, 11) is 2.60. The Morgan fingerprint density at radius 3 is 2.06 bits per heavy atom. The van der Waals surface area contributed by atoms with Gasteiger partial charge in [-0.05, 0) is 90.2 Å². The van der Waals surface area contributed by atoms with E-state index in [0.29, 0.717) is 29.8 Å². The standard InChI is InChI=1S/C31H27F9N6O2/c1-17-11-23-25(5-4-10-45(26(23)15-24(17)31(38,39)40)22-8-6-19(7-9-22)27(47)48-3)46(28-41-43-44(2)42-28)16-18-12-20(29(32,33)34)14-21(13-18)30(35,36)37/h6-9,11-15,25H,4-5,10,16H2,1-3H3. The van der Waals surface area contributed by atoms with Gasteiger partial charge in [0.1, 0.15) is 0 Å². The highest BCUT2D eigenvalue weighted by Gasteiger charge is 2.39. The molecular weight excluding hydrogens is 659 g/mol. The van der Waals surface area contributed by atoms with Gasteiger partial charge in [-0.1, -0.05) is 11.2 Å². The molecule has 1 aliphatic rings. The zero-order valence-electron chi connectivity index (χ0n) is 25.5. The lowest BCUT2D eigenvalue weighted by Gasteiger charge is -2.33. The van der Waals surface area contributed by atoms with E-state index in [-0.39, 0.29) is 47.4 Å². The fourth-order valence-electron chi connectivity index (χ4n) is 5.75. The van der Waals surface area contributed by atoms with Crippen molar-refractivity contribution in [2.75, 3.05) is 23.5 Å². The molecule has 1 aliphatic heterocycles. The first-order valence-electron chi connectivity index (χ1n) is 14.3. The summed E-state index contributed by atoms with van der Waals surface area (Å²) in [4.78, 5) is 16.0. The third-order valence-electron chi connectivity index (χ3n) is 7.92. The molecule has 256 valence electrons. The van der Waals surface area contributed by atoms with E-state index < -0.39 is 53.8 Å². The van der Waals surface area contributed by atoms with Crippen molar-refractivity contribution in [2.24, 2.45) is 7.05 Å². The number of ether oxygens (including phenoxy) is 1. The average molecular weight is 687 g/mol. The lowest BCUT2D eigenvalue weighted by molar-refractivity contribution is -0.143.